The van der Waals surface area contributed by atoms with E-state index in [0.29, 0.717) is 16.8 Å². The maximum Gasteiger partial charge on any atom is 0.134 e. The van der Waals surface area contributed by atoms with Crippen molar-refractivity contribution in [3.63, 3.8) is 0 Å². The Kier molecular flexibility index (Phi) is 5.48. The van der Waals surface area contributed by atoms with E-state index in [-0.39, 0.29) is 5.75 Å². The van der Waals surface area contributed by atoms with Crippen LogP contribution in [-0.2, 0) is 13.0 Å². The Hall–Kier alpha value is -1.71. The zero-order valence-corrected chi connectivity index (χ0v) is 12.8. The molecule has 0 spiro atoms. The lowest BCUT2D eigenvalue weighted by Crippen LogP contribution is -2.25. The van der Waals surface area contributed by atoms with E-state index in [2.05, 4.69) is 12.2 Å². The minimum absolute atomic E-state index is 0.112. The second-order valence-electron chi connectivity index (χ2n) is 5.27. The highest BCUT2D eigenvalue weighted by Crippen LogP contribution is 2.23. The Morgan fingerprint density at radius 1 is 1.05 bits per heavy atom. The minimum Gasteiger partial charge on any atom is -0.508 e. The number of aryl methyl sites for hydroxylation is 1. The quantitative estimate of drug-likeness (QED) is 0.759. The van der Waals surface area contributed by atoms with Crippen LogP contribution >= 0.6 is 11.6 Å². The molecule has 21 heavy (non-hydrogen) atoms. The standard InChI is InChI=1S/C17H20ClNO2/c1-12(2-3-13-4-7-15(20)8-5-13)19-11-14-6-9-17(21)16(18)10-14/h4-10,12,19-21H,2-3,11H2,1H3. The van der Waals surface area contributed by atoms with Crippen molar-refractivity contribution in [1.82, 2.24) is 5.32 Å². The lowest BCUT2D eigenvalue weighted by Gasteiger charge is -2.14. The molecule has 2 rings (SSSR count). The zero-order valence-electron chi connectivity index (χ0n) is 12.0. The normalized spacial score (nSPS) is 12.3. The molecule has 0 saturated heterocycles. The molecule has 0 bridgehead atoms. The summed E-state index contributed by atoms with van der Waals surface area (Å²) in [6.07, 6.45) is 1.97. The Morgan fingerprint density at radius 2 is 1.71 bits per heavy atom. The van der Waals surface area contributed by atoms with Gasteiger partial charge in [-0.2, -0.15) is 0 Å². The monoisotopic (exact) mass is 305 g/mol. The molecule has 2 aromatic rings. The maximum atomic E-state index is 9.38. The summed E-state index contributed by atoms with van der Waals surface area (Å²) < 4.78 is 0. The van der Waals surface area contributed by atoms with Crippen molar-refractivity contribution in [3.8, 4) is 11.5 Å². The highest BCUT2D eigenvalue weighted by atomic mass is 35.5. The van der Waals surface area contributed by atoms with Gasteiger partial charge in [-0.3, -0.25) is 0 Å². The summed E-state index contributed by atoms with van der Waals surface area (Å²) in [7, 11) is 0. The molecule has 0 saturated carbocycles. The van der Waals surface area contributed by atoms with Gasteiger partial charge in [0.1, 0.15) is 11.5 Å². The summed E-state index contributed by atoms with van der Waals surface area (Å²) >= 11 is 5.88. The lowest BCUT2D eigenvalue weighted by molar-refractivity contribution is 0.474. The van der Waals surface area contributed by atoms with Gasteiger partial charge in [-0.25, -0.2) is 0 Å². The van der Waals surface area contributed by atoms with Crippen LogP contribution in [0.2, 0.25) is 5.02 Å². The number of halogens is 1. The first kappa shape index (κ1) is 15.7. The van der Waals surface area contributed by atoms with Crippen LogP contribution < -0.4 is 5.32 Å². The second kappa shape index (κ2) is 7.34. The molecule has 0 amide bonds. The lowest BCUT2D eigenvalue weighted by atomic mass is 10.1. The maximum absolute atomic E-state index is 9.38. The van der Waals surface area contributed by atoms with Crippen molar-refractivity contribution in [2.24, 2.45) is 0 Å². The molecule has 0 heterocycles. The van der Waals surface area contributed by atoms with Crippen molar-refractivity contribution >= 4 is 11.6 Å². The van der Waals surface area contributed by atoms with Crippen LogP contribution in [0.4, 0.5) is 0 Å². The van der Waals surface area contributed by atoms with Gasteiger partial charge in [0, 0.05) is 12.6 Å². The summed E-state index contributed by atoms with van der Waals surface area (Å²) in [6.45, 7) is 2.86. The van der Waals surface area contributed by atoms with E-state index < -0.39 is 0 Å². The van der Waals surface area contributed by atoms with E-state index in [1.165, 1.54) is 5.56 Å². The number of aromatic hydroxyl groups is 2. The Labute approximate surface area is 130 Å². The first-order valence-electron chi connectivity index (χ1n) is 7.03. The van der Waals surface area contributed by atoms with Crippen LogP contribution in [0.15, 0.2) is 42.5 Å². The van der Waals surface area contributed by atoms with Gasteiger partial charge in [0.2, 0.25) is 0 Å². The first-order chi connectivity index (χ1) is 10.0. The molecule has 0 aromatic heterocycles. The predicted octanol–water partition coefficient (Wildman–Crippen LogP) is 3.86. The van der Waals surface area contributed by atoms with E-state index in [1.807, 2.05) is 18.2 Å². The molecule has 0 fully saturated rings. The van der Waals surface area contributed by atoms with Gasteiger partial charge in [-0.1, -0.05) is 29.8 Å². The molecule has 2 aromatic carbocycles. The molecule has 3 N–H and O–H groups in total. The number of nitrogens with one attached hydrogen (secondary N) is 1. The Bertz CT molecular complexity index is 584. The van der Waals surface area contributed by atoms with Gasteiger partial charge in [0.05, 0.1) is 5.02 Å². The summed E-state index contributed by atoms with van der Waals surface area (Å²) in [5.74, 6) is 0.412. The van der Waals surface area contributed by atoms with Crippen molar-refractivity contribution in [1.29, 1.82) is 0 Å². The fourth-order valence-corrected chi connectivity index (χ4v) is 2.30. The van der Waals surface area contributed by atoms with Gasteiger partial charge < -0.3 is 15.5 Å². The number of benzene rings is 2. The number of hydrogen-bond acceptors (Lipinski definition) is 3. The number of phenolic OH excluding ortho intramolecular Hbond substituents is 2. The average Bonchev–Trinajstić information content (AvgIpc) is 2.48. The van der Waals surface area contributed by atoms with Crippen molar-refractivity contribution in [2.45, 2.75) is 32.4 Å². The van der Waals surface area contributed by atoms with Crippen molar-refractivity contribution < 1.29 is 10.2 Å². The third-order valence-corrected chi connectivity index (χ3v) is 3.77. The van der Waals surface area contributed by atoms with Gasteiger partial charge in [0.25, 0.3) is 0 Å². The molecule has 1 atom stereocenters. The molecule has 112 valence electrons. The van der Waals surface area contributed by atoms with E-state index >= 15 is 0 Å². The summed E-state index contributed by atoms with van der Waals surface area (Å²) in [4.78, 5) is 0. The van der Waals surface area contributed by atoms with Gasteiger partial charge in [0.15, 0.2) is 0 Å². The third-order valence-electron chi connectivity index (χ3n) is 3.47. The first-order valence-corrected chi connectivity index (χ1v) is 7.41. The highest BCUT2D eigenvalue weighted by Gasteiger charge is 2.04. The topological polar surface area (TPSA) is 52.5 Å². The molecule has 0 radical (unpaired) electrons. The molecule has 3 nitrogen and oxygen atoms in total. The van der Waals surface area contributed by atoms with Crippen LogP contribution in [0.1, 0.15) is 24.5 Å². The number of phenols is 2. The smallest absolute Gasteiger partial charge is 0.134 e. The fourth-order valence-electron chi connectivity index (χ4n) is 2.10. The summed E-state index contributed by atoms with van der Waals surface area (Å²) in [6, 6.07) is 12.9. The average molecular weight is 306 g/mol. The molecule has 0 aliphatic carbocycles. The highest BCUT2D eigenvalue weighted by molar-refractivity contribution is 6.32. The Balaban J connectivity index is 1.77. The number of hydrogen-bond donors (Lipinski definition) is 3. The van der Waals surface area contributed by atoms with E-state index in [1.54, 1.807) is 24.3 Å². The van der Waals surface area contributed by atoms with Crippen molar-refractivity contribution in [2.75, 3.05) is 0 Å². The molecule has 0 aliphatic rings. The summed E-state index contributed by atoms with van der Waals surface area (Å²) in [5, 5.41) is 22.4. The zero-order chi connectivity index (χ0) is 15.2. The fraction of sp³-hybridized carbons (Fsp3) is 0.294. The molecular formula is C17H20ClNO2. The summed E-state index contributed by atoms with van der Waals surface area (Å²) in [5.41, 5.74) is 2.27. The largest absolute Gasteiger partial charge is 0.508 e. The SMILES string of the molecule is CC(CCc1ccc(O)cc1)NCc1ccc(O)c(Cl)c1. The van der Waals surface area contributed by atoms with Gasteiger partial charge in [-0.05, 0) is 55.2 Å². The van der Waals surface area contributed by atoms with Crippen LogP contribution in [0, 0.1) is 0 Å². The van der Waals surface area contributed by atoms with Crippen molar-refractivity contribution in [3.05, 3.63) is 58.6 Å². The Morgan fingerprint density at radius 3 is 2.38 bits per heavy atom. The van der Waals surface area contributed by atoms with Gasteiger partial charge >= 0.3 is 0 Å². The molecular weight excluding hydrogens is 286 g/mol. The van der Waals surface area contributed by atoms with Crippen LogP contribution in [0.5, 0.6) is 11.5 Å². The van der Waals surface area contributed by atoms with E-state index in [9.17, 15) is 10.2 Å². The van der Waals surface area contributed by atoms with Crippen LogP contribution in [0.3, 0.4) is 0 Å². The molecule has 4 heteroatoms. The predicted molar refractivity (Wildman–Crippen MR) is 85.8 cm³/mol. The van der Waals surface area contributed by atoms with E-state index in [0.717, 1.165) is 24.9 Å². The molecule has 0 aliphatic heterocycles. The number of rotatable bonds is 6. The minimum atomic E-state index is 0.112. The molecule has 1 unspecified atom stereocenters. The van der Waals surface area contributed by atoms with Crippen LogP contribution in [-0.4, -0.2) is 16.3 Å². The van der Waals surface area contributed by atoms with E-state index in [4.69, 9.17) is 11.6 Å². The third kappa shape index (κ3) is 4.96. The van der Waals surface area contributed by atoms with Gasteiger partial charge in [-0.15, -0.1) is 0 Å². The second-order valence-corrected chi connectivity index (χ2v) is 5.68. The van der Waals surface area contributed by atoms with Crippen LogP contribution in [0.25, 0.3) is 0 Å².